The number of rotatable bonds is 3. The molecule has 0 amide bonds. The van der Waals surface area contributed by atoms with Gasteiger partial charge in [0.2, 0.25) is 0 Å². The molecule has 1 aliphatic rings. The topological polar surface area (TPSA) is 76.9 Å². The predicted octanol–water partition coefficient (Wildman–Crippen LogP) is -0.643. The summed E-state index contributed by atoms with van der Waals surface area (Å²) >= 11 is 0. The van der Waals surface area contributed by atoms with E-state index in [1.54, 1.807) is 6.33 Å². The molecule has 0 spiro atoms. The molecule has 1 N–H and O–H groups in total. The number of nitrogens with zero attached hydrogens (tertiary/aromatic N) is 3. The SMILES string of the molecule is CNCc1nncn1C1CCS(=O)(=O)C1. The van der Waals surface area contributed by atoms with Crippen LogP contribution in [0.4, 0.5) is 0 Å². The lowest BCUT2D eigenvalue weighted by Crippen LogP contribution is -2.17. The molecular weight excluding hydrogens is 216 g/mol. The van der Waals surface area contributed by atoms with Crippen LogP contribution < -0.4 is 5.32 Å². The van der Waals surface area contributed by atoms with Crippen molar-refractivity contribution in [3.63, 3.8) is 0 Å². The van der Waals surface area contributed by atoms with E-state index in [-0.39, 0.29) is 17.5 Å². The van der Waals surface area contributed by atoms with Crippen molar-refractivity contribution in [1.82, 2.24) is 20.1 Å². The molecule has 0 aromatic carbocycles. The average molecular weight is 230 g/mol. The second-order valence-corrected chi connectivity index (χ2v) is 5.97. The Hall–Kier alpha value is -0.950. The van der Waals surface area contributed by atoms with Gasteiger partial charge in [0.15, 0.2) is 9.84 Å². The summed E-state index contributed by atoms with van der Waals surface area (Å²) in [5.74, 6) is 1.27. The zero-order valence-corrected chi connectivity index (χ0v) is 9.37. The van der Waals surface area contributed by atoms with Gasteiger partial charge < -0.3 is 9.88 Å². The van der Waals surface area contributed by atoms with Crippen LogP contribution in [0.5, 0.6) is 0 Å². The van der Waals surface area contributed by atoms with Gasteiger partial charge in [0.25, 0.3) is 0 Å². The van der Waals surface area contributed by atoms with E-state index in [0.717, 1.165) is 5.82 Å². The number of hydrogen-bond donors (Lipinski definition) is 1. The molecule has 1 fully saturated rings. The van der Waals surface area contributed by atoms with Crippen molar-refractivity contribution in [2.24, 2.45) is 0 Å². The molecule has 6 nitrogen and oxygen atoms in total. The summed E-state index contributed by atoms with van der Waals surface area (Å²) in [5, 5.41) is 10.7. The quantitative estimate of drug-likeness (QED) is 0.747. The smallest absolute Gasteiger partial charge is 0.152 e. The molecule has 1 unspecified atom stereocenters. The maximum Gasteiger partial charge on any atom is 0.152 e. The Morgan fingerprint density at radius 2 is 2.47 bits per heavy atom. The van der Waals surface area contributed by atoms with Crippen LogP contribution in [0.25, 0.3) is 0 Å². The lowest BCUT2D eigenvalue weighted by atomic mass is 10.2. The summed E-state index contributed by atoms with van der Waals surface area (Å²) in [4.78, 5) is 0. The van der Waals surface area contributed by atoms with Crippen LogP contribution in [0.3, 0.4) is 0 Å². The Morgan fingerprint density at radius 3 is 3.07 bits per heavy atom. The molecule has 7 heteroatoms. The van der Waals surface area contributed by atoms with Crippen molar-refractivity contribution in [1.29, 1.82) is 0 Å². The summed E-state index contributed by atoms with van der Waals surface area (Å²) in [5.41, 5.74) is 0. The highest BCUT2D eigenvalue weighted by molar-refractivity contribution is 7.91. The normalized spacial score (nSPS) is 24.5. The van der Waals surface area contributed by atoms with Gasteiger partial charge in [-0.2, -0.15) is 0 Å². The van der Waals surface area contributed by atoms with Gasteiger partial charge in [-0.15, -0.1) is 10.2 Å². The molecule has 0 bridgehead atoms. The summed E-state index contributed by atoms with van der Waals surface area (Å²) in [7, 11) is -1.03. The third kappa shape index (κ3) is 2.18. The molecule has 1 atom stereocenters. The van der Waals surface area contributed by atoms with Gasteiger partial charge >= 0.3 is 0 Å². The van der Waals surface area contributed by atoms with Gasteiger partial charge in [-0.1, -0.05) is 0 Å². The van der Waals surface area contributed by atoms with Crippen LogP contribution in [0.2, 0.25) is 0 Å². The van der Waals surface area contributed by atoms with E-state index in [2.05, 4.69) is 15.5 Å². The zero-order valence-electron chi connectivity index (χ0n) is 8.55. The molecule has 0 saturated carbocycles. The number of aromatic nitrogens is 3. The van der Waals surface area contributed by atoms with Crippen molar-refractivity contribution >= 4 is 9.84 Å². The minimum atomic E-state index is -2.85. The standard InChI is InChI=1S/C8H14N4O2S/c1-9-4-8-11-10-6-12(8)7-2-3-15(13,14)5-7/h6-7,9H,2-5H2,1H3. The van der Waals surface area contributed by atoms with E-state index >= 15 is 0 Å². The van der Waals surface area contributed by atoms with Crippen LogP contribution in [0, 0.1) is 0 Å². The summed E-state index contributed by atoms with van der Waals surface area (Å²) < 4.78 is 24.5. The minimum Gasteiger partial charge on any atom is -0.313 e. The van der Waals surface area contributed by atoms with E-state index in [1.807, 2.05) is 11.6 Å². The molecule has 2 heterocycles. The Morgan fingerprint density at radius 1 is 1.67 bits per heavy atom. The van der Waals surface area contributed by atoms with Gasteiger partial charge in [-0.3, -0.25) is 0 Å². The van der Waals surface area contributed by atoms with Crippen LogP contribution in [-0.4, -0.2) is 41.7 Å². The molecule has 2 rings (SSSR count). The van der Waals surface area contributed by atoms with Crippen molar-refractivity contribution in [3.8, 4) is 0 Å². The largest absolute Gasteiger partial charge is 0.313 e. The molecular formula is C8H14N4O2S. The summed E-state index contributed by atoms with van der Waals surface area (Å²) in [6, 6.07) is 0.00773. The lowest BCUT2D eigenvalue weighted by molar-refractivity contribution is 0.522. The van der Waals surface area contributed by atoms with E-state index in [1.165, 1.54) is 0 Å². The molecule has 1 aliphatic heterocycles. The van der Waals surface area contributed by atoms with Crippen LogP contribution in [0.15, 0.2) is 6.33 Å². The Balaban J connectivity index is 2.20. The highest BCUT2D eigenvalue weighted by Gasteiger charge is 2.30. The zero-order chi connectivity index (χ0) is 10.9. The van der Waals surface area contributed by atoms with Gasteiger partial charge in [0.05, 0.1) is 24.1 Å². The van der Waals surface area contributed by atoms with Crippen molar-refractivity contribution in [3.05, 3.63) is 12.2 Å². The monoisotopic (exact) mass is 230 g/mol. The first kappa shape index (κ1) is 10.6. The second-order valence-electron chi connectivity index (χ2n) is 3.74. The molecule has 84 valence electrons. The molecule has 1 saturated heterocycles. The highest BCUT2D eigenvalue weighted by Crippen LogP contribution is 2.23. The second kappa shape index (κ2) is 3.90. The molecule has 0 radical (unpaired) electrons. The summed E-state index contributed by atoms with van der Waals surface area (Å²) in [6.07, 6.45) is 2.27. The lowest BCUT2D eigenvalue weighted by Gasteiger charge is -2.11. The van der Waals surface area contributed by atoms with Crippen LogP contribution in [0.1, 0.15) is 18.3 Å². The van der Waals surface area contributed by atoms with E-state index in [4.69, 9.17) is 0 Å². The Kier molecular flexibility index (Phi) is 2.74. The van der Waals surface area contributed by atoms with Crippen LogP contribution in [-0.2, 0) is 16.4 Å². The first-order chi connectivity index (χ1) is 7.12. The fourth-order valence-electron chi connectivity index (χ4n) is 1.85. The van der Waals surface area contributed by atoms with Gasteiger partial charge in [-0.25, -0.2) is 8.42 Å². The Labute approximate surface area is 88.6 Å². The van der Waals surface area contributed by atoms with E-state index in [9.17, 15) is 8.42 Å². The Bertz CT molecular complexity index is 439. The van der Waals surface area contributed by atoms with Gasteiger partial charge in [0.1, 0.15) is 12.2 Å². The average Bonchev–Trinajstić information content (AvgIpc) is 2.72. The highest BCUT2D eigenvalue weighted by atomic mass is 32.2. The van der Waals surface area contributed by atoms with Crippen LogP contribution >= 0.6 is 0 Å². The fourth-order valence-corrected chi connectivity index (χ4v) is 3.56. The van der Waals surface area contributed by atoms with Gasteiger partial charge in [0, 0.05) is 0 Å². The van der Waals surface area contributed by atoms with Crippen molar-refractivity contribution in [2.45, 2.75) is 19.0 Å². The molecule has 0 aliphatic carbocycles. The molecule has 15 heavy (non-hydrogen) atoms. The van der Waals surface area contributed by atoms with Gasteiger partial charge in [-0.05, 0) is 13.5 Å². The minimum absolute atomic E-state index is 0.00773. The first-order valence-electron chi connectivity index (χ1n) is 4.86. The maximum atomic E-state index is 11.3. The van der Waals surface area contributed by atoms with Crippen molar-refractivity contribution < 1.29 is 8.42 Å². The maximum absolute atomic E-state index is 11.3. The first-order valence-corrected chi connectivity index (χ1v) is 6.68. The number of sulfone groups is 1. The summed E-state index contributed by atoms with van der Waals surface area (Å²) in [6.45, 7) is 0.608. The number of nitrogens with one attached hydrogen (secondary N) is 1. The fraction of sp³-hybridized carbons (Fsp3) is 0.750. The van der Waals surface area contributed by atoms with Crippen molar-refractivity contribution in [2.75, 3.05) is 18.6 Å². The van der Waals surface area contributed by atoms with E-state index < -0.39 is 9.84 Å². The molecule has 1 aromatic rings. The van der Waals surface area contributed by atoms with E-state index in [0.29, 0.717) is 13.0 Å². The molecule has 1 aromatic heterocycles. The number of hydrogen-bond acceptors (Lipinski definition) is 5. The predicted molar refractivity (Wildman–Crippen MR) is 55.1 cm³/mol. The third-order valence-corrected chi connectivity index (χ3v) is 4.33. The third-order valence-electron chi connectivity index (χ3n) is 2.58.